The molecule has 2 aromatic rings. The van der Waals surface area contributed by atoms with Crippen molar-refractivity contribution in [3.05, 3.63) is 41.7 Å². The van der Waals surface area contributed by atoms with Crippen LogP contribution in [0.5, 0.6) is 0 Å². The summed E-state index contributed by atoms with van der Waals surface area (Å²) in [4.78, 5) is 13.7. The lowest BCUT2D eigenvalue weighted by Gasteiger charge is -2.36. The summed E-state index contributed by atoms with van der Waals surface area (Å²) in [6.07, 6.45) is 3.00. The number of piperazine rings is 1. The molecule has 0 saturated carbocycles. The van der Waals surface area contributed by atoms with Crippen LogP contribution in [0.25, 0.3) is 0 Å². The summed E-state index contributed by atoms with van der Waals surface area (Å²) in [7, 11) is 1.86. The first kappa shape index (κ1) is 21.5. The van der Waals surface area contributed by atoms with Gasteiger partial charge >= 0.3 is 0 Å². The van der Waals surface area contributed by atoms with Gasteiger partial charge in [0.15, 0.2) is 5.96 Å². The monoisotopic (exact) mass is 416 g/mol. The average Bonchev–Trinajstić information content (AvgIpc) is 3.26. The summed E-state index contributed by atoms with van der Waals surface area (Å²) in [5.74, 6) is 1.93. The fraction of sp³-hybridized carbons (Fsp3) is 0.571. The van der Waals surface area contributed by atoms with E-state index in [0.717, 1.165) is 75.5 Å². The minimum absolute atomic E-state index is 0.689. The predicted octanol–water partition coefficient (Wildman–Crippen LogP) is 2.79. The summed E-state index contributed by atoms with van der Waals surface area (Å²) in [6.45, 7) is 8.28. The van der Waals surface area contributed by atoms with Gasteiger partial charge in [0.05, 0.1) is 6.61 Å². The molecule has 2 heterocycles. The maximum absolute atomic E-state index is 5.75. The summed E-state index contributed by atoms with van der Waals surface area (Å²) in [6, 6.07) is 10.3. The van der Waals surface area contributed by atoms with Crippen LogP contribution in [0, 0.1) is 0 Å². The highest BCUT2D eigenvalue weighted by Crippen LogP contribution is 2.19. The number of aromatic nitrogens is 2. The molecule has 0 spiro atoms. The van der Waals surface area contributed by atoms with Crippen molar-refractivity contribution < 1.29 is 4.74 Å². The normalized spacial score (nSPS) is 15.0. The Bertz CT molecular complexity index is 743. The molecule has 1 aliphatic rings. The number of nitrogens with one attached hydrogen (secondary N) is 1. The van der Waals surface area contributed by atoms with Crippen LogP contribution in [0.1, 0.15) is 31.2 Å². The lowest BCUT2D eigenvalue weighted by Crippen LogP contribution is -2.52. The van der Waals surface area contributed by atoms with Gasteiger partial charge in [0.25, 0.3) is 0 Å². The Morgan fingerprint density at radius 3 is 2.66 bits per heavy atom. The molecule has 1 saturated heterocycles. The van der Waals surface area contributed by atoms with Crippen LogP contribution in [-0.4, -0.2) is 66.6 Å². The van der Waals surface area contributed by atoms with Crippen molar-refractivity contribution in [2.75, 3.05) is 51.3 Å². The molecule has 1 aliphatic heterocycles. The Labute approximate surface area is 178 Å². The molecule has 0 aliphatic carbocycles. The zero-order valence-electron chi connectivity index (χ0n) is 17.5. The zero-order chi connectivity index (χ0) is 20.3. The van der Waals surface area contributed by atoms with Gasteiger partial charge in [0, 0.05) is 64.3 Å². The summed E-state index contributed by atoms with van der Waals surface area (Å²) in [5, 5.41) is 4.53. The van der Waals surface area contributed by atoms with E-state index >= 15 is 0 Å². The van der Waals surface area contributed by atoms with Crippen molar-refractivity contribution in [2.45, 2.75) is 32.8 Å². The fourth-order valence-electron chi connectivity index (χ4n) is 3.25. The number of aliphatic imine (C=N–C) groups is 1. The van der Waals surface area contributed by atoms with E-state index in [4.69, 9.17) is 4.74 Å². The second kappa shape index (κ2) is 11.7. The van der Waals surface area contributed by atoms with E-state index in [1.807, 2.05) is 25.2 Å². The van der Waals surface area contributed by atoms with Gasteiger partial charge in [-0.2, -0.15) is 4.37 Å². The first-order valence-corrected chi connectivity index (χ1v) is 11.2. The fourth-order valence-corrected chi connectivity index (χ4v) is 4.05. The lowest BCUT2D eigenvalue weighted by molar-refractivity contribution is 0.117. The van der Waals surface area contributed by atoms with Gasteiger partial charge in [-0.3, -0.25) is 4.99 Å². The van der Waals surface area contributed by atoms with E-state index in [9.17, 15) is 0 Å². The second-order valence-electron chi connectivity index (χ2n) is 7.04. The van der Waals surface area contributed by atoms with E-state index in [0.29, 0.717) is 6.61 Å². The third kappa shape index (κ3) is 6.68. The number of aryl methyl sites for hydroxylation is 1. The minimum atomic E-state index is 0.689. The maximum atomic E-state index is 5.75. The highest BCUT2D eigenvalue weighted by Gasteiger charge is 2.21. The number of guanidine groups is 1. The van der Waals surface area contributed by atoms with Crippen molar-refractivity contribution in [3.63, 3.8) is 0 Å². The Morgan fingerprint density at radius 2 is 1.97 bits per heavy atom. The molecule has 8 heteroatoms. The van der Waals surface area contributed by atoms with Crippen LogP contribution in [-0.2, 0) is 17.8 Å². The maximum Gasteiger partial charge on any atom is 0.205 e. The van der Waals surface area contributed by atoms with Crippen molar-refractivity contribution in [1.29, 1.82) is 0 Å². The molecule has 0 unspecified atom stereocenters. The Kier molecular flexibility index (Phi) is 8.70. The van der Waals surface area contributed by atoms with Crippen LogP contribution in [0.4, 0.5) is 5.13 Å². The van der Waals surface area contributed by atoms with Crippen molar-refractivity contribution in [1.82, 2.24) is 19.6 Å². The van der Waals surface area contributed by atoms with Crippen molar-refractivity contribution >= 4 is 22.6 Å². The number of hydrogen-bond acceptors (Lipinski definition) is 6. The molecule has 1 fully saturated rings. The average molecular weight is 417 g/mol. The molecule has 3 rings (SSSR count). The number of ether oxygens (including phenoxy) is 1. The van der Waals surface area contributed by atoms with Crippen LogP contribution < -0.4 is 10.2 Å². The molecule has 158 valence electrons. The van der Waals surface area contributed by atoms with Crippen molar-refractivity contribution in [3.8, 4) is 0 Å². The number of benzene rings is 1. The van der Waals surface area contributed by atoms with E-state index in [1.54, 1.807) is 0 Å². The quantitative estimate of drug-likeness (QED) is 0.385. The Hall–Kier alpha value is -2.19. The van der Waals surface area contributed by atoms with Crippen LogP contribution >= 0.6 is 11.5 Å². The first-order valence-electron chi connectivity index (χ1n) is 10.4. The predicted molar refractivity (Wildman–Crippen MR) is 120 cm³/mol. The standard InChI is InChI=1S/C21H32N6OS/c1-3-19-24-21(29-25-19)27-14-12-26(13-15-27)20(22-2)23-11-7-8-16-28-17-18-9-5-4-6-10-18/h4-6,9-10H,3,7-8,11-17H2,1-2H3,(H,22,23). The van der Waals surface area contributed by atoms with Crippen LogP contribution in [0.2, 0.25) is 0 Å². The van der Waals surface area contributed by atoms with Gasteiger partial charge < -0.3 is 19.9 Å². The van der Waals surface area contributed by atoms with E-state index < -0.39 is 0 Å². The highest BCUT2D eigenvalue weighted by molar-refractivity contribution is 7.09. The molecule has 1 aromatic heterocycles. The molecule has 1 aromatic carbocycles. The Morgan fingerprint density at radius 1 is 1.17 bits per heavy atom. The van der Waals surface area contributed by atoms with E-state index in [2.05, 4.69) is 48.5 Å². The third-order valence-corrected chi connectivity index (χ3v) is 5.76. The SMILES string of the molecule is CCc1nsc(N2CCN(C(=NC)NCCCCOCc3ccccc3)CC2)n1. The smallest absolute Gasteiger partial charge is 0.205 e. The van der Waals surface area contributed by atoms with Gasteiger partial charge in [0.1, 0.15) is 5.82 Å². The first-order chi connectivity index (χ1) is 14.3. The second-order valence-corrected chi connectivity index (χ2v) is 7.77. The summed E-state index contributed by atoms with van der Waals surface area (Å²) >= 11 is 1.51. The van der Waals surface area contributed by atoms with Gasteiger partial charge in [-0.05, 0) is 18.4 Å². The van der Waals surface area contributed by atoms with Crippen molar-refractivity contribution in [2.24, 2.45) is 4.99 Å². The largest absolute Gasteiger partial charge is 0.377 e. The number of hydrogen-bond donors (Lipinski definition) is 1. The number of rotatable bonds is 9. The molecular weight excluding hydrogens is 384 g/mol. The molecule has 0 atom stereocenters. The highest BCUT2D eigenvalue weighted by atomic mass is 32.1. The van der Waals surface area contributed by atoms with Gasteiger partial charge in [-0.1, -0.05) is 37.3 Å². The van der Waals surface area contributed by atoms with Gasteiger partial charge in [0.2, 0.25) is 5.13 Å². The molecule has 7 nitrogen and oxygen atoms in total. The van der Waals surface area contributed by atoms with Crippen LogP contribution in [0.15, 0.2) is 35.3 Å². The number of anilines is 1. The van der Waals surface area contributed by atoms with Gasteiger partial charge in [-0.15, -0.1) is 0 Å². The molecule has 1 N–H and O–H groups in total. The number of unbranched alkanes of at least 4 members (excludes halogenated alkanes) is 1. The minimum Gasteiger partial charge on any atom is -0.377 e. The van der Waals surface area contributed by atoms with Crippen LogP contribution in [0.3, 0.4) is 0 Å². The van der Waals surface area contributed by atoms with Gasteiger partial charge in [-0.25, -0.2) is 4.98 Å². The lowest BCUT2D eigenvalue weighted by atomic mass is 10.2. The number of nitrogens with zero attached hydrogens (tertiary/aromatic N) is 5. The third-order valence-electron chi connectivity index (χ3n) is 4.95. The van der Waals surface area contributed by atoms with E-state index in [-0.39, 0.29) is 0 Å². The summed E-state index contributed by atoms with van der Waals surface area (Å²) < 4.78 is 10.1. The zero-order valence-corrected chi connectivity index (χ0v) is 18.3. The molecular formula is C21H32N6OS. The molecule has 29 heavy (non-hydrogen) atoms. The molecule has 0 bridgehead atoms. The topological polar surface area (TPSA) is 65.9 Å². The molecule has 0 radical (unpaired) electrons. The van der Waals surface area contributed by atoms with E-state index in [1.165, 1.54) is 17.1 Å². The summed E-state index contributed by atoms with van der Waals surface area (Å²) in [5.41, 5.74) is 1.23. The molecule has 0 amide bonds. The Balaban J connectivity index is 1.29.